The highest BCUT2D eigenvalue weighted by Crippen LogP contribution is 2.17. The average molecular weight is 258 g/mol. The minimum absolute atomic E-state index is 0.0633. The Hall–Kier alpha value is -1.30. The lowest BCUT2D eigenvalue weighted by molar-refractivity contribution is -0.143. The van der Waals surface area contributed by atoms with E-state index in [0.717, 1.165) is 12.8 Å². The van der Waals surface area contributed by atoms with Gasteiger partial charge in [0.15, 0.2) is 0 Å². The smallest absolute Gasteiger partial charge is 0.329 e. The molecule has 0 spiro atoms. The Morgan fingerprint density at radius 3 is 2.67 bits per heavy atom. The lowest BCUT2D eigenvalue weighted by Gasteiger charge is -2.34. The van der Waals surface area contributed by atoms with Crippen molar-refractivity contribution in [1.29, 1.82) is 0 Å². The molecule has 18 heavy (non-hydrogen) atoms. The van der Waals surface area contributed by atoms with Gasteiger partial charge in [0.05, 0.1) is 0 Å². The number of piperidine rings is 1. The third-order valence-electron chi connectivity index (χ3n) is 3.63. The maximum Gasteiger partial charge on any atom is 0.329 e. The summed E-state index contributed by atoms with van der Waals surface area (Å²) in [7, 11) is 0. The van der Waals surface area contributed by atoms with Crippen molar-refractivity contribution >= 4 is 12.0 Å². The number of carbonyl (C=O) groups excluding carboxylic acids is 1. The van der Waals surface area contributed by atoms with Gasteiger partial charge in [-0.2, -0.15) is 0 Å². The lowest BCUT2D eigenvalue weighted by Crippen LogP contribution is -2.57. The van der Waals surface area contributed by atoms with Crippen LogP contribution in [-0.2, 0) is 4.79 Å². The predicted molar refractivity (Wildman–Crippen MR) is 66.2 cm³/mol. The number of aliphatic hydroxyl groups is 1. The summed E-state index contributed by atoms with van der Waals surface area (Å²) >= 11 is 0. The fourth-order valence-electron chi connectivity index (χ4n) is 2.01. The SMILES string of the molecule is CCC(C)(NC(=O)N1CCCC(CO)C1)C(=O)O. The molecule has 1 saturated heterocycles. The number of amides is 2. The van der Waals surface area contributed by atoms with Crippen LogP contribution in [0.2, 0.25) is 0 Å². The summed E-state index contributed by atoms with van der Waals surface area (Å²) < 4.78 is 0. The molecule has 2 amide bonds. The second-order valence-corrected chi connectivity index (χ2v) is 5.06. The van der Waals surface area contributed by atoms with E-state index in [2.05, 4.69) is 5.32 Å². The van der Waals surface area contributed by atoms with E-state index in [1.54, 1.807) is 11.8 Å². The Morgan fingerprint density at radius 1 is 1.50 bits per heavy atom. The van der Waals surface area contributed by atoms with E-state index in [1.807, 2.05) is 0 Å². The van der Waals surface area contributed by atoms with E-state index < -0.39 is 11.5 Å². The van der Waals surface area contributed by atoms with E-state index >= 15 is 0 Å². The van der Waals surface area contributed by atoms with Crippen LogP contribution in [0.15, 0.2) is 0 Å². The molecule has 0 radical (unpaired) electrons. The van der Waals surface area contributed by atoms with Crippen LogP contribution in [0, 0.1) is 5.92 Å². The summed E-state index contributed by atoms with van der Waals surface area (Å²) in [5.41, 5.74) is -1.23. The van der Waals surface area contributed by atoms with Crippen LogP contribution < -0.4 is 5.32 Å². The van der Waals surface area contributed by atoms with Gasteiger partial charge in [-0.15, -0.1) is 0 Å². The highest BCUT2D eigenvalue weighted by atomic mass is 16.4. The number of nitrogens with one attached hydrogen (secondary N) is 1. The van der Waals surface area contributed by atoms with Crippen molar-refractivity contribution in [3.63, 3.8) is 0 Å². The quantitative estimate of drug-likeness (QED) is 0.690. The van der Waals surface area contributed by atoms with Crippen LogP contribution in [-0.4, -0.2) is 52.3 Å². The van der Waals surface area contributed by atoms with Crippen LogP contribution in [0.1, 0.15) is 33.1 Å². The molecule has 0 aliphatic carbocycles. The number of carboxylic acids is 1. The molecule has 1 heterocycles. The Labute approximate surface area is 107 Å². The van der Waals surface area contributed by atoms with E-state index in [4.69, 9.17) is 10.2 Å². The molecule has 0 aromatic heterocycles. The van der Waals surface area contributed by atoms with Gasteiger partial charge < -0.3 is 20.4 Å². The normalized spacial score (nSPS) is 23.3. The third-order valence-corrected chi connectivity index (χ3v) is 3.63. The second kappa shape index (κ2) is 6.04. The summed E-state index contributed by atoms with van der Waals surface area (Å²) in [6, 6.07) is -0.361. The molecule has 0 saturated carbocycles. The Balaban J connectivity index is 2.61. The summed E-state index contributed by atoms with van der Waals surface area (Å²) in [5, 5.41) is 20.8. The molecule has 1 fully saturated rings. The first kappa shape index (κ1) is 14.8. The molecule has 1 rings (SSSR count). The van der Waals surface area contributed by atoms with Gasteiger partial charge in [-0.1, -0.05) is 6.92 Å². The Morgan fingerprint density at radius 2 is 2.17 bits per heavy atom. The molecule has 0 bridgehead atoms. The van der Waals surface area contributed by atoms with Crippen molar-refractivity contribution in [2.45, 2.75) is 38.6 Å². The minimum Gasteiger partial charge on any atom is -0.480 e. The Bertz CT molecular complexity index is 321. The zero-order valence-electron chi connectivity index (χ0n) is 11.0. The van der Waals surface area contributed by atoms with Crippen LogP contribution in [0.5, 0.6) is 0 Å². The number of rotatable bonds is 4. The van der Waals surface area contributed by atoms with Gasteiger partial charge in [0.25, 0.3) is 0 Å². The van der Waals surface area contributed by atoms with Gasteiger partial charge in [0, 0.05) is 19.7 Å². The number of carboxylic acid groups (broad SMARTS) is 1. The van der Waals surface area contributed by atoms with Gasteiger partial charge in [0.1, 0.15) is 5.54 Å². The second-order valence-electron chi connectivity index (χ2n) is 5.06. The summed E-state index contributed by atoms with van der Waals surface area (Å²) in [6.07, 6.45) is 2.07. The highest BCUT2D eigenvalue weighted by Gasteiger charge is 2.35. The van der Waals surface area contributed by atoms with Crippen LogP contribution in [0.3, 0.4) is 0 Å². The molecule has 0 aromatic rings. The first-order valence-corrected chi connectivity index (χ1v) is 6.34. The zero-order valence-corrected chi connectivity index (χ0v) is 11.0. The first-order chi connectivity index (χ1) is 8.42. The first-order valence-electron chi connectivity index (χ1n) is 6.34. The largest absolute Gasteiger partial charge is 0.480 e. The number of carbonyl (C=O) groups is 2. The number of urea groups is 1. The van der Waals surface area contributed by atoms with Gasteiger partial charge in [-0.05, 0) is 32.1 Å². The molecule has 6 heteroatoms. The molecule has 2 unspecified atom stereocenters. The van der Waals surface area contributed by atoms with Gasteiger partial charge in [-0.25, -0.2) is 9.59 Å². The maximum absolute atomic E-state index is 12.0. The van der Waals surface area contributed by atoms with Gasteiger partial charge in [0.2, 0.25) is 0 Å². The highest BCUT2D eigenvalue weighted by molar-refractivity contribution is 5.85. The number of hydrogen-bond acceptors (Lipinski definition) is 3. The van der Waals surface area contributed by atoms with Gasteiger partial charge in [-0.3, -0.25) is 0 Å². The fourth-order valence-corrected chi connectivity index (χ4v) is 2.01. The molecule has 1 aliphatic heterocycles. The van der Waals surface area contributed by atoms with E-state index in [-0.39, 0.29) is 18.6 Å². The molecule has 1 aliphatic rings. The number of aliphatic hydroxyl groups excluding tert-OH is 1. The van der Waals surface area contributed by atoms with Crippen LogP contribution >= 0.6 is 0 Å². The maximum atomic E-state index is 12.0. The van der Waals surface area contributed by atoms with Crippen molar-refractivity contribution < 1.29 is 19.8 Å². The molecule has 6 nitrogen and oxygen atoms in total. The number of hydrogen-bond donors (Lipinski definition) is 3. The molecule has 0 aromatic carbocycles. The molecular formula is C12H22N2O4. The molecular weight excluding hydrogens is 236 g/mol. The van der Waals surface area contributed by atoms with Crippen LogP contribution in [0.25, 0.3) is 0 Å². The summed E-state index contributed by atoms with van der Waals surface area (Å²) in [5.74, 6) is -0.934. The van der Waals surface area contributed by atoms with Crippen molar-refractivity contribution in [3.8, 4) is 0 Å². The van der Waals surface area contributed by atoms with E-state index in [0.29, 0.717) is 19.5 Å². The molecule has 3 N–H and O–H groups in total. The number of likely N-dealkylation sites (tertiary alicyclic amines) is 1. The molecule has 2 atom stereocenters. The topological polar surface area (TPSA) is 89.9 Å². The molecule has 104 valence electrons. The minimum atomic E-state index is -1.23. The monoisotopic (exact) mass is 258 g/mol. The zero-order chi connectivity index (χ0) is 13.8. The lowest BCUT2D eigenvalue weighted by atomic mass is 9.98. The fraction of sp³-hybridized carbons (Fsp3) is 0.833. The van der Waals surface area contributed by atoms with E-state index in [9.17, 15) is 9.59 Å². The predicted octanol–water partition coefficient (Wildman–Crippen LogP) is 0.654. The van der Waals surface area contributed by atoms with Crippen molar-refractivity contribution in [3.05, 3.63) is 0 Å². The Kier molecular flexibility index (Phi) is 4.95. The van der Waals surface area contributed by atoms with Crippen LogP contribution in [0.4, 0.5) is 4.79 Å². The third kappa shape index (κ3) is 3.35. The van der Waals surface area contributed by atoms with E-state index in [1.165, 1.54) is 6.92 Å². The van der Waals surface area contributed by atoms with Crippen molar-refractivity contribution in [2.24, 2.45) is 5.92 Å². The summed E-state index contributed by atoms with van der Waals surface area (Å²) in [6.45, 7) is 4.39. The number of nitrogens with zero attached hydrogens (tertiary/aromatic N) is 1. The number of aliphatic carboxylic acids is 1. The van der Waals surface area contributed by atoms with Gasteiger partial charge >= 0.3 is 12.0 Å². The van der Waals surface area contributed by atoms with Crippen molar-refractivity contribution in [1.82, 2.24) is 10.2 Å². The average Bonchev–Trinajstić information content (AvgIpc) is 2.38. The standard InChI is InChI=1S/C12H22N2O4/c1-3-12(2,10(16)17)13-11(18)14-6-4-5-9(7-14)8-15/h9,15H,3-8H2,1-2H3,(H,13,18)(H,16,17). The summed E-state index contributed by atoms with van der Waals surface area (Å²) in [4.78, 5) is 24.7. The van der Waals surface area contributed by atoms with Crippen molar-refractivity contribution in [2.75, 3.05) is 19.7 Å².